The van der Waals surface area contributed by atoms with E-state index in [1.807, 2.05) is 6.92 Å². The van der Waals surface area contributed by atoms with E-state index in [-0.39, 0.29) is 5.91 Å². The molecule has 1 aromatic carbocycles. The number of nitrogens with zero attached hydrogens (tertiary/aromatic N) is 2. The summed E-state index contributed by atoms with van der Waals surface area (Å²) in [4.78, 5) is 19.2. The number of aryl methyl sites for hydroxylation is 1. The fourth-order valence-corrected chi connectivity index (χ4v) is 2.72. The van der Waals surface area contributed by atoms with Crippen molar-refractivity contribution in [3.8, 4) is 5.75 Å². The second kappa shape index (κ2) is 5.92. The third-order valence-corrected chi connectivity index (χ3v) is 3.72. The Balaban J connectivity index is 2.15. The number of carbonyl (C=O) groups is 1. The molecule has 0 aliphatic rings. The van der Waals surface area contributed by atoms with Gasteiger partial charge in [0.15, 0.2) is 0 Å². The molecular weight excluding hydrogens is 274 g/mol. The van der Waals surface area contributed by atoms with E-state index in [4.69, 9.17) is 10.5 Å². The fourth-order valence-electron chi connectivity index (χ4n) is 1.87. The third kappa shape index (κ3) is 3.27. The Hall–Kier alpha value is -2.08. The summed E-state index contributed by atoms with van der Waals surface area (Å²) in [6.07, 6.45) is 1.80. The minimum atomic E-state index is -0.0957. The average molecular weight is 291 g/mol. The number of methoxy groups -OCH3 is 1. The van der Waals surface area contributed by atoms with Crippen LogP contribution in [-0.4, -0.2) is 29.9 Å². The number of thiazole rings is 1. The van der Waals surface area contributed by atoms with Crippen molar-refractivity contribution in [2.45, 2.75) is 13.5 Å². The first-order valence-electron chi connectivity index (χ1n) is 6.11. The van der Waals surface area contributed by atoms with E-state index < -0.39 is 0 Å². The highest BCUT2D eigenvalue weighted by molar-refractivity contribution is 7.11. The highest BCUT2D eigenvalue weighted by Gasteiger charge is 2.14. The maximum absolute atomic E-state index is 12.4. The molecule has 0 saturated heterocycles. The Morgan fingerprint density at radius 3 is 2.80 bits per heavy atom. The van der Waals surface area contributed by atoms with Gasteiger partial charge in [-0.15, -0.1) is 11.3 Å². The topological polar surface area (TPSA) is 68.5 Å². The van der Waals surface area contributed by atoms with Crippen molar-refractivity contribution in [3.63, 3.8) is 0 Å². The first-order chi connectivity index (χ1) is 9.49. The maximum atomic E-state index is 12.4. The second-order valence-electron chi connectivity index (χ2n) is 4.50. The second-order valence-corrected chi connectivity index (χ2v) is 5.82. The zero-order valence-electron chi connectivity index (χ0n) is 11.7. The zero-order valence-corrected chi connectivity index (χ0v) is 12.5. The summed E-state index contributed by atoms with van der Waals surface area (Å²) >= 11 is 1.59. The Labute approximate surface area is 122 Å². The first-order valence-corrected chi connectivity index (χ1v) is 6.92. The Morgan fingerprint density at radius 2 is 2.20 bits per heavy atom. The van der Waals surface area contributed by atoms with E-state index in [1.165, 1.54) is 0 Å². The maximum Gasteiger partial charge on any atom is 0.254 e. The molecule has 20 heavy (non-hydrogen) atoms. The molecule has 0 spiro atoms. The van der Waals surface area contributed by atoms with E-state index in [0.717, 1.165) is 9.88 Å². The van der Waals surface area contributed by atoms with Gasteiger partial charge in [-0.1, -0.05) is 0 Å². The SMILES string of the molecule is COc1cc(N)cc(C(=O)N(C)Cc2cnc(C)s2)c1. The number of amides is 1. The molecule has 6 heteroatoms. The van der Waals surface area contributed by atoms with Gasteiger partial charge in [-0.05, 0) is 19.1 Å². The van der Waals surface area contributed by atoms with Crippen LogP contribution in [-0.2, 0) is 6.54 Å². The molecule has 0 bridgehead atoms. The van der Waals surface area contributed by atoms with Crippen LogP contribution in [0.25, 0.3) is 0 Å². The molecule has 0 aliphatic heterocycles. The van der Waals surface area contributed by atoms with Gasteiger partial charge < -0.3 is 15.4 Å². The quantitative estimate of drug-likeness (QED) is 0.878. The molecule has 2 rings (SSSR count). The standard InChI is InChI=1S/C14H17N3O2S/c1-9-16-7-13(20-9)8-17(2)14(18)10-4-11(15)6-12(5-10)19-3/h4-7H,8,15H2,1-3H3. The van der Waals surface area contributed by atoms with Gasteiger partial charge in [-0.2, -0.15) is 0 Å². The summed E-state index contributed by atoms with van der Waals surface area (Å²) in [5, 5.41) is 0.992. The lowest BCUT2D eigenvalue weighted by Gasteiger charge is -2.16. The van der Waals surface area contributed by atoms with Gasteiger partial charge in [-0.3, -0.25) is 4.79 Å². The molecule has 2 N–H and O–H groups in total. The van der Waals surface area contributed by atoms with Gasteiger partial charge in [0.1, 0.15) is 5.75 Å². The Bertz CT molecular complexity index is 625. The number of benzene rings is 1. The molecule has 2 aromatic rings. The first kappa shape index (κ1) is 14.3. The normalized spacial score (nSPS) is 10.3. The van der Waals surface area contributed by atoms with Gasteiger partial charge in [0.2, 0.25) is 0 Å². The molecule has 5 nitrogen and oxygen atoms in total. The summed E-state index contributed by atoms with van der Waals surface area (Å²) in [5.41, 5.74) is 6.80. The van der Waals surface area contributed by atoms with Gasteiger partial charge in [-0.25, -0.2) is 4.98 Å². The lowest BCUT2D eigenvalue weighted by Crippen LogP contribution is -2.25. The predicted molar refractivity (Wildman–Crippen MR) is 80.1 cm³/mol. The lowest BCUT2D eigenvalue weighted by atomic mass is 10.1. The smallest absolute Gasteiger partial charge is 0.254 e. The van der Waals surface area contributed by atoms with Crippen LogP contribution in [0.2, 0.25) is 0 Å². The summed E-state index contributed by atoms with van der Waals surface area (Å²) in [7, 11) is 3.31. The van der Waals surface area contributed by atoms with Crippen LogP contribution >= 0.6 is 11.3 Å². The van der Waals surface area contributed by atoms with Crippen molar-refractivity contribution < 1.29 is 9.53 Å². The number of hydrogen-bond donors (Lipinski definition) is 1. The van der Waals surface area contributed by atoms with Crippen molar-refractivity contribution in [3.05, 3.63) is 39.8 Å². The monoisotopic (exact) mass is 291 g/mol. The summed E-state index contributed by atoms with van der Waals surface area (Å²) in [5.74, 6) is 0.483. The van der Waals surface area contributed by atoms with Crippen molar-refractivity contribution in [2.75, 3.05) is 19.9 Å². The predicted octanol–water partition coefficient (Wildman–Crippen LogP) is 2.31. The summed E-state index contributed by atoms with van der Waals surface area (Å²) in [6, 6.07) is 5.02. The number of hydrogen-bond acceptors (Lipinski definition) is 5. The third-order valence-electron chi connectivity index (χ3n) is 2.82. The highest BCUT2D eigenvalue weighted by atomic mass is 32.1. The molecule has 106 valence electrons. The molecule has 1 aromatic heterocycles. The van der Waals surface area contributed by atoms with E-state index in [2.05, 4.69) is 4.98 Å². The number of nitrogen functional groups attached to an aromatic ring is 1. The van der Waals surface area contributed by atoms with Crippen molar-refractivity contribution >= 4 is 22.9 Å². The van der Waals surface area contributed by atoms with Crippen molar-refractivity contribution in [1.82, 2.24) is 9.88 Å². The number of nitrogens with two attached hydrogens (primary N) is 1. The minimum absolute atomic E-state index is 0.0957. The van der Waals surface area contributed by atoms with Crippen LogP contribution < -0.4 is 10.5 Å². The Morgan fingerprint density at radius 1 is 1.45 bits per heavy atom. The molecule has 0 aliphatic carbocycles. The van der Waals surface area contributed by atoms with Gasteiger partial charge in [0, 0.05) is 35.4 Å². The van der Waals surface area contributed by atoms with Crippen LogP contribution in [0.4, 0.5) is 5.69 Å². The molecule has 1 heterocycles. The van der Waals surface area contributed by atoms with Crippen LogP contribution in [0.5, 0.6) is 5.75 Å². The molecule has 0 radical (unpaired) electrons. The fraction of sp³-hybridized carbons (Fsp3) is 0.286. The summed E-state index contributed by atoms with van der Waals surface area (Å²) < 4.78 is 5.13. The minimum Gasteiger partial charge on any atom is -0.497 e. The van der Waals surface area contributed by atoms with Gasteiger partial charge in [0.25, 0.3) is 5.91 Å². The van der Waals surface area contributed by atoms with Gasteiger partial charge in [0.05, 0.1) is 18.7 Å². The zero-order chi connectivity index (χ0) is 14.7. The molecule has 0 fully saturated rings. The molecule has 0 atom stereocenters. The number of ether oxygens (including phenoxy) is 1. The van der Waals surface area contributed by atoms with Crippen LogP contribution in [0.1, 0.15) is 20.2 Å². The number of rotatable bonds is 4. The van der Waals surface area contributed by atoms with Crippen LogP contribution in [0.15, 0.2) is 24.4 Å². The van der Waals surface area contributed by atoms with E-state index in [1.54, 1.807) is 54.8 Å². The van der Waals surface area contributed by atoms with E-state index in [0.29, 0.717) is 23.5 Å². The van der Waals surface area contributed by atoms with Crippen molar-refractivity contribution in [2.24, 2.45) is 0 Å². The summed E-state index contributed by atoms with van der Waals surface area (Å²) in [6.45, 7) is 2.47. The van der Waals surface area contributed by atoms with Crippen molar-refractivity contribution in [1.29, 1.82) is 0 Å². The molecular formula is C14H17N3O2S. The lowest BCUT2D eigenvalue weighted by molar-refractivity contribution is 0.0786. The number of aromatic nitrogens is 1. The highest BCUT2D eigenvalue weighted by Crippen LogP contribution is 2.21. The largest absolute Gasteiger partial charge is 0.497 e. The molecule has 0 saturated carbocycles. The molecule has 0 unspecified atom stereocenters. The van der Waals surface area contributed by atoms with Crippen LogP contribution in [0, 0.1) is 6.92 Å². The van der Waals surface area contributed by atoms with Gasteiger partial charge >= 0.3 is 0 Å². The Kier molecular flexibility index (Phi) is 4.24. The van der Waals surface area contributed by atoms with Crippen LogP contribution in [0.3, 0.4) is 0 Å². The average Bonchev–Trinajstić information content (AvgIpc) is 2.82. The molecule has 1 amide bonds. The van der Waals surface area contributed by atoms with E-state index >= 15 is 0 Å². The number of carbonyl (C=O) groups excluding carboxylic acids is 1. The van der Waals surface area contributed by atoms with E-state index in [9.17, 15) is 4.79 Å². The number of anilines is 1.